The monoisotopic (exact) mass is 352 g/mol. The molecule has 0 saturated carbocycles. The normalized spacial score (nSPS) is 17.2. The van der Waals surface area contributed by atoms with Crippen LogP contribution in [0.5, 0.6) is 0 Å². The minimum atomic E-state index is 0.245. The fourth-order valence-electron chi connectivity index (χ4n) is 3.02. The van der Waals surface area contributed by atoms with Crippen molar-refractivity contribution in [3.8, 4) is 0 Å². The highest BCUT2D eigenvalue weighted by Crippen LogP contribution is 2.25. The van der Waals surface area contributed by atoms with Crippen LogP contribution in [0.4, 0.5) is 0 Å². The van der Waals surface area contributed by atoms with Gasteiger partial charge < -0.3 is 15.1 Å². The molecule has 1 aliphatic rings. The molecule has 1 fully saturated rings. The van der Waals surface area contributed by atoms with Gasteiger partial charge in [0, 0.05) is 13.1 Å². The molecule has 136 valence electrons. The van der Waals surface area contributed by atoms with Crippen LogP contribution in [0.1, 0.15) is 44.4 Å². The van der Waals surface area contributed by atoms with E-state index < -0.39 is 0 Å². The molecule has 0 aliphatic carbocycles. The van der Waals surface area contributed by atoms with E-state index >= 15 is 0 Å². The molecule has 1 saturated heterocycles. The zero-order chi connectivity index (χ0) is 17.0. The van der Waals surface area contributed by atoms with Crippen LogP contribution in [-0.4, -0.2) is 55.6 Å². The molecule has 6 heteroatoms. The number of aliphatic imine (C=N–C) groups is 1. The first-order valence-corrected chi connectivity index (χ1v) is 10.5. The highest BCUT2D eigenvalue weighted by Gasteiger charge is 2.25. The van der Waals surface area contributed by atoms with Crippen molar-refractivity contribution >= 4 is 17.7 Å². The van der Waals surface area contributed by atoms with E-state index in [4.69, 9.17) is 9.41 Å². The standard InChI is InChI=1S/C18H32N4OS/c1-3-19-18(20-10-4-7-14-24-2)21-15-16(17-9-8-13-23-17)22-11-5-6-12-22/h8-9,13,16H,3-7,10-12,14-15H2,1-2H3,(H2,19,20,21). The Balaban J connectivity index is 1.90. The minimum absolute atomic E-state index is 0.245. The summed E-state index contributed by atoms with van der Waals surface area (Å²) in [4.78, 5) is 7.31. The third-order valence-corrected chi connectivity index (χ3v) is 4.98. The second-order valence-corrected chi connectivity index (χ2v) is 7.11. The predicted molar refractivity (Wildman–Crippen MR) is 104 cm³/mol. The van der Waals surface area contributed by atoms with Crippen LogP contribution in [0.3, 0.4) is 0 Å². The first kappa shape index (κ1) is 19.2. The highest BCUT2D eigenvalue weighted by molar-refractivity contribution is 7.98. The molecule has 5 nitrogen and oxygen atoms in total. The number of guanidine groups is 1. The Bertz CT molecular complexity index is 458. The van der Waals surface area contributed by atoms with Crippen molar-refractivity contribution in [1.82, 2.24) is 15.5 Å². The molecule has 0 amide bonds. The van der Waals surface area contributed by atoms with Crippen LogP contribution in [-0.2, 0) is 0 Å². The average Bonchev–Trinajstić information content (AvgIpc) is 3.29. The van der Waals surface area contributed by atoms with Gasteiger partial charge in [-0.25, -0.2) is 0 Å². The van der Waals surface area contributed by atoms with Crippen LogP contribution in [0.15, 0.2) is 27.8 Å². The lowest BCUT2D eigenvalue weighted by atomic mass is 10.2. The van der Waals surface area contributed by atoms with E-state index in [2.05, 4.69) is 34.8 Å². The molecule has 24 heavy (non-hydrogen) atoms. The number of unbranched alkanes of at least 4 members (excludes halogenated alkanes) is 1. The van der Waals surface area contributed by atoms with Crippen molar-refractivity contribution < 1.29 is 4.42 Å². The van der Waals surface area contributed by atoms with Crippen LogP contribution in [0.2, 0.25) is 0 Å². The SMILES string of the molecule is CCNC(=NCC(c1ccco1)N1CCCC1)NCCCCSC. The topological polar surface area (TPSA) is 52.8 Å². The van der Waals surface area contributed by atoms with Crippen molar-refractivity contribution in [3.05, 3.63) is 24.2 Å². The molecule has 0 radical (unpaired) electrons. The molecule has 0 spiro atoms. The Morgan fingerprint density at radius 3 is 2.83 bits per heavy atom. The lowest BCUT2D eigenvalue weighted by molar-refractivity contribution is 0.221. The minimum Gasteiger partial charge on any atom is -0.468 e. The summed E-state index contributed by atoms with van der Waals surface area (Å²) in [5.74, 6) is 3.17. The van der Waals surface area contributed by atoms with E-state index in [1.165, 1.54) is 31.4 Å². The fourth-order valence-corrected chi connectivity index (χ4v) is 3.51. The van der Waals surface area contributed by atoms with Gasteiger partial charge in [0.25, 0.3) is 0 Å². The second kappa shape index (κ2) is 11.4. The van der Waals surface area contributed by atoms with Gasteiger partial charge in [0.05, 0.1) is 18.8 Å². The Hall–Kier alpha value is -1.14. The number of nitrogens with zero attached hydrogens (tertiary/aromatic N) is 2. The van der Waals surface area contributed by atoms with Gasteiger partial charge in [-0.15, -0.1) is 0 Å². The van der Waals surface area contributed by atoms with E-state index in [1.54, 1.807) is 6.26 Å². The van der Waals surface area contributed by atoms with E-state index in [9.17, 15) is 0 Å². The number of thioether (sulfide) groups is 1. The molecule has 1 aromatic rings. The summed E-state index contributed by atoms with van der Waals surface area (Å²) in [6.07, 6.45) is 8.89. The summed E-state index contributed by atoms with van der Waals surface area (Å²) in [6.45, 7) is 6.97. The quantitative estimate of drug-likeness (QED) is 0.385. The predicted octanol–water partition coefficient (Wildman–Crippen LogP) is 3.11. The number of nitrogens with one attached hydrogen (secondary N) is 2. The van der Waals surface area contributed by atoms with Crippen LogP contribution < -0.4 is 10.6 Å². The van der Waals surface area contributed by atoms with Gasteiger partial charge in [-0.3, -0.25) is 9.89 Å². The summed E-state index contributed by atoms with van der Waals surface area (Å²) < 4.78 is 5.67. The van der Waals surface area contributed by atoms with E-state index in [0.717, 1.165) is 44.4 Å². The van der Waals surface area contributed by atoms with Gasteiger partial charge in [-0.2, -0.15) is 11.8 Å². The fraction of sp³-hybridized carbons (Fsp3) is 0.722. The summed E-state index contributed by atoms with van der Waals surface area (Å²) in [7, 11) is 0. The Morgan fingerprint density at radius 2 is 2.17 bits per heavy atom. The number of rotatable bonds is 10. The molecule has 2 rings (SSSR count). The lowest BCUT2D eigenvalue weighted by Gasteiger charge is -2.24. The van der Waals surface area contributed by atoms with E-state index in [-0.39, 0.29) is 6.04 Å². The number of furan rings is 1. The molecule has 2 heterocycles. The van der Waals surface area contributed by atoms with Crippen molar-refractivity contribution in [1.29, 1.82) is 0 Å². The second-order valence-electron chi connectivity index (χ2n) is 6.12. The highest BCUT2D eigenvalue weighted by atomic mass is 32.2. The Morgan fingerprint density at radius 1 is 1.33 bits per heavy atom. The van der Waals surface area contributed by atoms with E-state index in [1.807, 2.05) is 17.8 Å². The molecule has 0 aromatic carbocycles. The first-order chi connectivity index (χ1) is 11.8. The first-order valence-electron chi connectivity index (χ1n) is 9.13. The molecule has 2 N–H and O–H groups in total. The zero-order valence-electron chi connectivity index (χ0n) is 15.1. The van der Waals surface area contributed by atoms with Crippen LogP contribution in [0, 0.1) is 0 Å². The molecule has 1 aromatic heterocycles. The summed E-state index contributed by atoms with van der Waals surface area (Å²) in [5.41, 5.74) is 0. The van der Waals surface area contributed by atoms with Gasteiger partial charge >= 0.3 is 0 Å². The average molecular weight is 353 g/mol. The number of hydrogen-bond acceptors (Lipinski definition) is 4. The van der Waals surface area contributed by atoms with Crippen molar-refractivity contribution in [2.45, 2.75) is 38.6 Å². The molecular formula is C18H32N4OS. The maximum absolute atomic E-state index is 5.67. The number of likely N-dealkylation sites (tertiary alicyclic amines) is 1. The summed E-state index contributed by atoms with van der Waals surface area (Å²) in [6, 6.07) is 4.29. The zero-order valence-corrected chi connectivity index (χ0v) is 15.9. The number of hydrogen-bond donors (Lipinski definition) is 2. The van der Waals surface area contributed by atoms with Gasteiger partial charge in [-0.05, 0) is 69.8 Å². The molecule has 1 atom stereocenters. The molecule has 1 aliphatic heterocycles. The molecule has 0 bridgehead atoms. The summed E-state index contributed by atoms with van der Waals surface area (Å²) in [5, 5.41) is 6.80. The van der Waals surface area contributed by atoms with Crippen molar-refractivity contribution in [3.63, 3.8) is 0 Å². The summed E-state index contributed by atoms with van der Waals surface area (Å²) >= 11 is 1.91. The van der Waals surface area contributed by atoms with Crippen LogP contribution in [0.25, 0.3) is 0 Å². The largest absolute Gasteiger partial charge is 0.468 e. The lowest BCUT2D eigenvalue weighted by Crippen LogP contribution is -2.38. The smallest absolute Gasteiger partial charge is 0.191 e. The maximum Gasteiger partial charge on any atom is 0.191 e. The molecule has 1 unspecified atom stereocenters. The third-order valence-electron chi connectivity index (χ3n) is 4.29. The Kier molecular flexibility index (Phi) is 9.13. The maximum atomic E-state index is 5.67. The van der Waals surface area contributed by atoms with Gasteiger partial charge in [0.2, 0.25) is 0 Å². The van der Waals surface area contributed by atoms with Gasteiger partial charge in [0.15, 0.2) is 5.96 Å². The Labute approximate surface area is 150 Å². The third kappa shape index (κ3) is 6.40. The van der Waals surface area contributed by atoms with Crippen molar-refractivity contribution in [2.75, 3.05) is 44.7 Å². The van der Waals surface area contributed by atoms with Gasteiger partial charge in [-0.1, -0.05) is 0 Å². The van der Waals surface area contributed by atoms with E-state index in [0.29, 0.717) is 0 Å². The van der Waals surface area contributed by atoms with Gasteiger partial charge in [0.1, 0.15) is 5.76 Å². The molecular weight excluding hydrogens is 320 g/mol. The van der Waals surface area contributed by atoms with Crippen LogP contribution >= 0.6 is 11.8 Å². The van der Waals surface area contributed by atoms with Crippen molar-refractivity contribution in [2.24, 2.45) is 4.99 Å².